The number of rotatable bonds is 9. The number of carbonyl (C=O) groups is 3. The van der Waals surface area contributed by atoms with Crippen LogP contribution in [0.2, 0.25) is 0 Å². The monoisotopic (exact) mass is 438 g/mol. The van der Waals surface area contributed by atoms with Gasteiger partial charge in [-0.2, -0.15) is 0 Å². The molecule has 2 rings (SSSR count). The van der Waals surface area contributed by atoms with Gasteiger partial charge in [-0.05, 0) is 43.2 Å². The van der Waals surface area contributed by atoms with Gasteiger partial charge in [-0.3, -0.25) is 9.59 Å². The van der Waals surface area contributed by atoms with Crippen molar-refractivity contribution >= 4 is 23.5 Å². The highest BCUT2D eigenvalue weighted by atomic mass is 19.2. The van der Waals surface area contributed by atoms with Gasteiger partial charge < -0.3 is 20.1 Å². The quantitative estimate of drug-likeness (QED) is 0.464. The molecule has 2 aromatic carbocycles. The topological polar surface area (TPSA) is 93.7 Å². The van der Waals surface area contributed by atoms with E-state index in [1.54, 1.807) is 12.1 Å². The minimum atomic E-state index is -1.73. The van der Waals surface area contributed by atoms with E-state index in [2.05, 4.69) is 5.32 Å². The molecule has 0 aliphatic rings. The van der Waals surface area contributed by atoms with Gasteiger partial charge in [0.2, 0.25) is 5.91 Å². The number of amides is 2. The van der Waals surface area contributed by atoms with Crippen LogP contribution in [0.15, 0.2) is 36.4 Å². The third-order valence-corrected chi connectivity index (χ3v) is 4.10. The molecule has 10 heteroatoms. The van der Waals surface area contributed by atoms with Crippen LogP contribution in [0.4, 0.5) is 18.9 Å². The molecule has 2 aromatic rings. The Morgan fingerprint density at radius 2 is 1.68 bits per heavy atom. The van der Waals surface area contributed by atoms with E-state index in [1.165, 1.54) is 6.92 Å². The van der Waals surface area contributed by atoms with Gasteiger partial charge in [0.25, 0.3) is 5.91 Å². The smallest absolute Gasteiger partial charge is 0.344 e. The Bertz CT molecular complexity index is 951. The lowest BCUT2D eigenvalue weighted by Gasteiger charge is -2.14. The van der Waals surface area contributed by atoms with Crippen LogP contribution in [0.3, 0.4) is 0 Å². The fraction of sp³-hybridized carbons (Fsp3) is 0.286. The molecular weight excluding hydrogens is 417 g/mol. The molecule has 0 aromatic heterocycles. The van der Waals surface area contributed by atoms with Gasteiger partial charge in [-0.1, -0.05) is 19.1 Å². The van der Waals surface area contributed by atoms with Gasteiger partial charge >= 0.3 is 5.97 Å². The predicted octanol–water partition coefficient (Wildman–Crippen LogP) is 2.73. The first kappa shape index (κ1) is 23.7. The number of esters is 1. The van der Waals surface area contributed by atoms with Gasteiger partial charge in [0.1, 0.15) is 5.75 Å². The van der Waals surface area contributed by atoms with E-state index in [0.717, 1.165) is 18.1 Å². The van der Waals surface area contributed by atoms with Gasteiger partial charge in [0.05, 0.1) is 12.2 Å². The Hall–Kier alpha value is -3.56. The van der Waals surface area contributed by atoms with Crippen LogP contribution in [-0.4, -0.2) is 37.0 Å². The fourth-order valence-corrected chi connectivity index (χ4v) is 2.38. The summed E-state index contributed by atoms with van der Waals surface area (Å²) in [5.74, 6) is -6.71. The van der Waals surface area contributed by atoms with Crippen molar-refractivity contribution in [2.45, 2.75) is 26.4 Å². The molecular formula is C21H21F3N2O5. The van der Waals surface area contributed by atoms with Gasteiger partial charge in [-0.25, -0.2) is 18.0 Å². The highest BCUT2D eigenvalue weighted by Gasteiger charge is 2.20. The summed E-state index contributed by atoms with van der Waals surface area (Å²) in [4.78, 5) is 35.5. The molecule has 0 fully saturated rings. The van der Waals surface area contributed by atoms with Crippen molar-refractivity contribution in [2.24, 2.45) is 0 Å². The number of ether oxygens (including phenoxy) is 2. The second kappa shape index (κ2) is 11.0. The molecule has 1 unspecified atom stereocenters. The van der Waals surface area contributed by atoms with Gasteiger partial charge in [0, 0.05) is 0 Å². The second-order valence-corrected chi connectivity index (χ2v) is 6.41. The summed E-state index contributed by atoms with van der Waals surface area (Å²) in [6, 6.07) is 8.61. The molecule has 0 saturated heterocycles. The average molecular weight is 438 g/mol. The van der Waals surface area contributed by atoms with E-state index in [0.29, 0.717) is 11.8 Å². The Labute approximate surface area is 176 Å². The number of aryl methyl sites for hydroxylation is 1. The first-order valence-corrected chi connectivity index (χ1v) is 9.33. The van der Waals surface area contributed by atoms with Crippen LogP contribution >= 0.6 is 0 Å². The van der Waals surface area contributed by atoms with Gasteiger partial charge in [-0.15, -0.1) is 0 Å². The van der Waals surface area contributed by atoms with E-state index < -0.39 is 60.2 Å². The van der Waals surface area contributed by atoms with Crippen molar-refractivity contribution in [1.29, 1.82) is 0 Å². The third kappa shape index (κ3) is 7.02. The van der Waals surface area contributed by atoms with E-state index in [4.69, 9.17) is 9.47 Å². The number of benzene rings is 2. The highest BCUT2D eigenvalue weighted by Crippen LogP contribution is 2.19. The van der Waals surface area contributed by atoms with Crippen molar-refractivity contribution in [3.63, 3.8) is 0 Å². The van der Waals surface area contributed by atoms with Crippen LogP contribution in [0.1, 0.15) is 19.4 Å². The standard InChI is InChI=1S/C21H21F3N2O5/c1-3-13-4-6-14(7-5-13)30-11-18(28)31-12(2)21(29)25-10-17(27)26-16-9-8-15(22)19(23)20(16)24/h4-9,12H,3,10-11H2,1-2H3,(H,25,29)(H,26,27). The average Bonchev–Trinajstić information content (AvgIpc) is 2.76. The molecule has 166 valence electrons. The van der Waals surface area contributed by atoms with Crippen molar-refractivity contribution in [3.8, 4) is 5.75 Å². The van der Waals surface area contributed by atoms with Crippen molar-refractivity contribution < 1.29 is 37.0 Å². The minimum Gasteiger partial charge on any atom is -0.482 e. The highest BCUT2D eigenvalue weighted by molar-refractivity contribution is 5.95. The lowest BCUT2D eigenvalue weighted by Crippen LogP contribution is -2.40. The number of hydrogen-bond donors (Lipinski definition) is 2. The Kier molecular flexibility index (Phi) is 8.42. The Balaban J connectivity index is 1.75. The zero-order chi connectivity index (χ0) is 23.0. The minimum absolute atomic E-state index is 0.418. The molecule has 0 saturated carbocycles. The maximum atomic E-state index is 13.5. The Morgan fingerprint density at radius 3 is 2.32 bits per heavy atom. The molecule has 0 heterocycles. The number of nitrogens with one attached hydrogen (secondary N) is 2. The lowest BCUT2D eigenvalue weighted by atomic mass is 10.2. The summed E-state index contributed by atoms with van der Waals surface area (Å²) in [6.45, 7) is 2.26. The summed E-state index contributed by atoms with van der Waals surface area (Å²) in [5.41, 5.74) is 0.526. The second-order valence-electron chi connectivity index (χ2n) is 6.41. The molecule has 0 aliphatic heterocycles. The van der Waals surface area contributed by atoms with Crippen LogP contribution in [-0.2, 0) is 25.5 Å². The number of carbonyl (C=O) groups excluding carboxylic acids is 3. The van der Waals surface area contributed by atoms with Crippen molar-refractivity contribution in [1.82, 2.24) is 5.32 Å². The first-order valence-electron chi connectivity index (χ1n) is 9.33. The molecule has 0 bridgehead atoms. The molecule has 1 atom stereocenters. The maximum absolute atomic E-state index is 13.5. The van der Waals surface area contributed by atoms with Crippen LogP contribution in [0.25, 0.3) is 0 Å². The summed E-state index contributed by atoms with van der Waals surface area (Å²) in [5, 5.41) is 4.18. The Morgan fingerprint density at radius 1 is 1.00 bits per heavy atom. The summed E-state index contributed by atoms with van der Waals surface area (Å²) < 4.78 is 49.8. The van der Waals surface area contributed by atoms with Gasteiger partial charge in [0.15, 0.2) is 30.2 Å². The predicted molar refractivity (Wildman–Crippen MR) is 105 cm³/mol. The van der Waals surface area contributed by atoms with E-state index in [-0.39, 0.29) is 0 Å². The normalized spacial score (nSPS) is 11.4. The largest absolute Gasteiger partial charge is 0.482 e. The third-order valence-electron chi connectivity index (χ3n) is 4.10. The molecule has 7 nitrogen and oxygen atoms in total. The van der Waals surface area contributed by atoms with E-state index in [1.807, 2.05) is 24.4 Å². The maximum Gasteiger partial charge on any atom is 0.344 e. The van der Waals surface area contributed by atoms with E-state index in [9.17, 15) is 27.6 Å². The molecule has 0 spiro atoms. The number of anilines is 1. The summed E-state index contributed by atoms with van der Waals surface area (Å²) in [7, 11) is 0. The number of hydrogen-bond acceptors (Lipinski definition) is 5. The van der Waals surface area contributed by atoms with E-state index >= 15 is 0 Å². The van der Waals surface area contributed by atoms with Crippen LogP contribution in [0.5, 0.6) is 5.75 Å². The number of halogens is 3. The summed E-state index contributed by atoms with van der Waals surface area (Å²) in [6.07, 6.45) is -0.366. The molecule has 0 radical (unpaired) electrons. The molecule has 31 heavy (non-hydrogen) atoms. The fourth-order valence-electron chi connectivity index (χ4n) is 2.38. The van der Waals surface area contributed by atoms with Crippen LogP contribution < -0.4 is 15.4 Å². The van der Waals surface area contributed by atoms with Crippen molar-refractivity contribution in [3.05, 3.63) is 59.4 Å². The SMILES string of the molecule is CCc1ccc(OCC(=O)OC(C)C(=O)NCC(=O)Nc2ccc(F)c(F)c2F)cc1. The van der Waals surface area contributed by atoms with Crippen LogP contribution in [0, 0.1) is 17.5 Å². The lowest BCUT2D eigenvalue weighted by molar-refractivity contribution is -0.156. The molecule has 2 N–H and O–H groups in total. The van der Waals surface area contributed by atoms with Crippen molar-refractivity contribution in [2.75, 3.05) is 18.5 Å². The zero-order valence-electron chi connectivity index (χ0n) is 16.8. The zero-order valence-corrected chi connectivity index (χ0v) is 16.8. The first-order chi connectivity index (χ1) is 14.7. The summed E-state index contributed by atoms with van der Waals surface area (Å²) >= 11 is 0. The molecule has 2 amide bonds. The molecule has 0 aliphatic carbocycles.